The van der Waals surface area contributed by atoms with Gasteiger partial charge in [0, 0.05) is 5.56 Å². The summed E-state index contributed by atoms with van der Waals surface area (Å²) < 4.78 is 30.8. The molecule has 6 nitrogen and oxygen atoms in total. The molecule has 0 spiro atoms. The fourth-order valence-electron chi connectivity index (χ4n) is 2.11. The van der Waals surface area contributed by atoms with Gasteiger partial charge in [-0.1, -0.05) is 25.5 Å². The number of carbonyl (C=O) groups excluding carboxylic acids is 1. The predicted octanol–water partition coefficient (Wildman–Crippen LogP) is 3.49. The maximum absolute atomic E-state index is 12.4. The summed E-state index contributed by atoms with van der Waals surface area (Å²) in [4.78, 5) is 12.4. The Balaban J connectivity index is 2.07. The van der Waals surface area contributed by atoms with E-state index >= 15 is 0 Å². The third-order valence-corrected chi connectivity index (χ3v) is 3.94. The molecule has 0 aromatic heterocycles. The van der Waals surface area contributed by atoms with Crippen molar-refractivity contribution in [3.63, 3.8) is 0 Å². The van der Waals surface area contributed by atoms with Crippen LogP contribution in [0.25, 0.3) is 0 Å². The first kappa shape index (κ1) is 18.8. The lowest BCUT2D eigenvalue weighted by Crippen LogP contribution is -2.16. The molecule has 0 saturated heterocycles. The van der Waals surface area contributed by atoms with Crippen LogP contribution in [0.2, 0.25) is 0 Å². The van der Waals surface area contributed by atoms with Gasteiger partial charge >= 0.3 is 0 Å². The van der Waals surface area contributed by atoms with Crippen LogP contribution in [0, 0.1) is 0 Å². The molecule has 1 amide bonds. The number of para-hydroxylation sites is 2. The Kier molecular flexibility index (Phi) is 6.41. The Bertz CT molecular complexity index is 817. The Morgan fingerprint density at radius 2 is 1.68 bits per heavy atom. The van der Waals surface area contributed by atoms with Crippen LogP contribution in [0.15, 0.2) is 48.5 Å². The third-order valence-electron chi connectivity index (χ3n) is 3.35. The van der Waals surface area contributed by atoms with E-state index in [4.69, 9.17) is 4.74 Å². The van der Waals surface area contributed by atoms with Crippen molar-refractivity contribution in [1.82, 2.24) is 0 Å². The quantitative estimate of drug-likeness (QED) is 0.704. The molecular formula is C18H22N2O4S. The molecule has 2 aromatic rings. The van der Waals surface area contributed by atoms with Crippen LogP contribution >= 0.6 is 0 Å². The molecule has 0 aliphatic heterocycles. The molecule has 134 valence electrons. The van der Waals surface area contributed by atoms with E-state index in [9.17, 15) is 13.2 Å². The van der Waals surface area contributed by atoms with Crippen molar-refractivity contribution in [2.24, 2.45) is 0 Å². The summed E-state index contributed by atoms with van der Waals surface area (Å²) in [6, 6.07) is 13.4. The summed E-state index contributed by atoms with van der Waals surface area (Å²) in [6.07, 6.45) is 3.09. The largest absolute Gasteiger partial charge is 0.494 e. The van der Waals surface area contributed by atoms with Crippen molar-refractivity contribution in [3.05, 3.63) is 54.1 Å². The number of hydrogen-bond donors (Lipinski definition) is 2. The highest BCUT2D eigenvalue weighted by Crippen LogP contribution is 2.23. The zero-order valence-electron chi connectivity index (χ0n) is 14.3. The van der Waals surface area contributed by atoms with Crippen molar-refractivity contribution in [1.29, 1.82) is 0 Å². The summed E-state index contributed by atoms with van der Waals surface area (Å²) in [5.74, 6) is 0.381. The maximum Gasteiger partial charge on any atom is 0.255 e. The molecule has 0 fully saturated rings. The summed E-state index contributed by atoms with van der Waals surface area (Å²) >= 11 is 0. The number of hydrogen-bond acceptors (Lipinski definition) is 4. The van der Waals surface area contributed by atoms with Crippen molar-refractivity contribution >= 4 is 27.3 Å². The van der Waals surface area contributed by atoms with Gasteiger partial charge in [-0.25, -0.2) is 8.42 Å². The highest BCUT2D eigenvalue weighted by atomic mass is 32.2. The van der Waals surface area contributed by atoms with Gasteiger partial charge in [0.1, 0.15) is 5.75 Å². The van der Waals surface area contributed by atoms with Gasteiger partial charge in [0.25, 0.3) is 5.91 Å². The smallest absolute Gasteiger partial charge is 0.255 e. The van der Waals surface area contributed by atoms with Gasteiger partial charge in [-0.2, -0.15) is 0 Å². The number of ether oxygens (including phenoxy) is 1. The van der Waals surface area contributed by atoms with Gasteiger partial charge in [-0.05, 0) is 42.8 Å². The van der Waals surface area contributed by atoms with Crippen LogP contribution in [0.5, 0.6) is 5.75 Å². The van der Waals surface area contributed by atoms with Crippen LogP contribution < -0.4 is 14.8 Å². The number of rotatable bonds is 8. The van der Waals surface area contributed by atoms with Gasteiger partial charge in [-0.15, -0.1) is 0 Å². The van der Waals surface area contributed by atoms with Crippen LogP contribution in [-0.2, 0) is 10.0 Å². The van der Waals surface area contributed by atoms with E-state index in [2.05, 4.69) is 17.0 Å². The van der Waals surface area contributed by atoms with Gasteiger partial charge in [0.05, 0.1) is 24.2 Å². The summed E-state index contributed by atoms with van der Waals surface area (Å²) in [7, 11) is -3.43. The summed E-state index contributed by atoms with van der Waals surface area (Å²) in [5, 5.41) is 2.71. The molecule has 7 heteroatoms. The fourth-order valence-corrected chi connectivity index (χ4v) is 2.69. The normalized spacial score (nSPS) is 11.0. The molecule has 2 rings (SSSR count). The van der Waals surface area contributed by atoms with E-state index in [0.717, 1.165) is 19.1 Å². The number of carbonyl (C=O) groups is 1. The van der Waals surface area contributed by atoms with Crippen LogP contribution in [0.3, 0.4) is 0 Å². The van der Waals surface area contributed by atoms with Crippen molar-refractivity contribution in [3.8, 4) is 5.75 Å². The first-order chi connectivity index (χ1) is 11.9. The SMILES string of the molecule is CCCCOc1ccc(C(=O)Nc2ccccc2NS(C)(=O)=O)cc1. The minimum atomic E-state index is -3.43. The van der Waals surface area contributed by atoms with Crippen molar-refractivity contribution in [2.75, 3.05) is 22.9 Å². The number of unbranched alkanes of at least 4 members (excludes halogenated alkanes) is 1. The monoisotopic (exact) mass is 362 g/mol. The van der Waals surface area contributed by atoms with E-state index in [1.54, 1.807) is 48.5 Å². The molecule has 0 radical (unpaired) electrons. The second-order valence-electron chi connectivity index (χ2n) is 5.60. The molecule has 0 saturated carbocycles. The number of nitrogens with one attached hydrogen (secondary N) is 2. The Morgan fingerprint density at radius 3 is 2.28 bits per heavy atom. The third kappa shape index (κ3) is 6.11. The highest BCUT2D eigenvalue weighted by molar-refractivity contribution is 7.92. The lowest BCUT2D eigenvalue weighted by Gasteiger charge is -2.12. The first-order valence-electron chi connectivity index (χ1n) is 8.00. The van der Waals surface area contributed by atoms with E-state index < -0.39 is 10.0 Å². The van der Waals surface area contributed by atoms with E-state index in [0.29, 0.717) is 29.3 Å². The van der Waals surface area contributed by atoms with Gasteiger partial charge in [-0.3, -0.25) is 9.52 Å². The maximum atomic E-state index is 12.4. The molecule has 0 aliphatic rings. The van der Waals surface area contributed by atoms with Gasteiger partial charge < -0.3 is 10.1 Å². The molecule has 0 unspecified atom stereocenters. The zero-order chi connectivity index (χ0) is 18.3. The zero-order valence-corrected chi connectivity index (χ0v) is 15.1. The molecule has 2 N–H and O–H groups in total. The van der Waals surface area contributed by atoms with E-state index in [1.807, 2.05) is 0 Å². The summed E-state index contributed by atoms with van der Waals surface area (Å²) in [6.45, 7) is 2.74. The second-order valence-corrected chi connectivity index (χ2v) is 7.35. The van der Waals surface area contributed by atoms with Crippen LogP contribution in [-0.4, -0.2) is 27.2 Å². The minimum absolute atomic E-state index is 0.317. The van der Waals surface area contributed by atoms with Crippen molar-refractivity contribution in [2.45, 2.75) is 19.8 Å². The van der Waals surface area contributed by atoms with Gasteiger partial charge in [0.2, 0.25) is 10.0 Å². The molecule has 2 aromatic carbocycles. The van der Waals surface area contributed by atoms with Crippen LogP contribution in [0.1, 0.15) is 30.1 Å². The molecule has 0 aliphatic carbocycles. The number of benzene rings is 2. The fraction of sp³-hybridized carbons (Fsp3) is 0.278. The second kappa shape index (κ2) is 8.53. The van der Waals surface area contributed by atoms with E-state index in [-0.39, 0.29) is 5.91 Å². The summed E-state index contributed by atoms with van der Waals surface area (Å²) in [5.41, 5.74) is 1.16. The average molecular weight is 362 g/mol. The van der Waals surface area contributed by atoms with Gasteiger partial charge in [0.15, 0.2) is 0 Å². The lowest BCUT2D eigenvalue weighted by atomic mass is 10.2. The van der Waals surface area contributed by atoms with E-state index in [1.165, 1.54) is 0 Å². The molecular weight excluding hydrogens is 340 g/mol. The molecule has 0 bridgehead atoms. The minimum Gasteiger partial charge on any atom is -0.494 e. The topological polar surface area (TPSA) is 84.5 Å². The molecule has 25 heavy (non-hydrogen) atoms. The Morgan fingerprint density at radius 1 is 1.04 bits per heavy atom. The van der Waals surface area contributed by atoms with Crippen LogP contribution in [0.4, 0.5) is 11.4 Å². The Labute approximate surface area is 148 Å². The lowest BCUT2D eigenvalue weighted by molar-refractivity contribution is 0.102. The standard InChI is InChI=1S/C18H22N2O4S/c1-3-4-13-24-15-11-9-14(10-12-15)18(21)19-16-7-5-6-8-17(16)20-25(2,22)23/h5-12,20H,3-4,13H2,1-2H3,(H,19,21). The average Bonchev–Trinajstić information content (AvgIpc) is 2.56. The Hall–Kier alpha value is -2.54. The molecule has 0 atom stereocenters. The number of amides is 1. The number of sulfonamides is 1. The first-order valence-corrected chi connectivity index (χ1v) is 9.89. The van der Waals surface area contributed by atoms with Crippen molar-refractivity contribution < 1.29 is 17.9 Å². The highest BCUT2D eigenvalue weighted by Gasteiger charge is 2.11. The number of anilines is 2. The predicted molar refractivity (Wildman–Crippen MR) is 99.7 cm³/mol. The molecule has 0 heterocycles.